The van der Waals surface area contributed by atoms with E-state index in [2.05, 4.69) is 15.3 Å². The maximum Gasteiger partial charge on any atom is 0.406 e. The van der Waals surface area contributed by atoms with E-state index in [9.17, 15) is 27.7 Å². The minimum atomic E-state index is -4.48. The Morgan fingerprint density at radius 1 is 1.41 bits per heavy atom. The normalized spacial score (nSPS) is 16.7. The van der Waals surface area contributed by atoms with Gasteiger partial charge in [-0.25, -0.2) is 4.68 Å². The van der Waals surface area contributed by atoms with Crippen molar-refractivity contribution >= 4 is 5.69 Å². The van der Waals surface area contributed by atoms with Gasteiger partial charge in [-0.1, -0.05) is 0 Å². The zero-order valence-electron chi connectivity index (χ0n) is 10.8. The molecule has 8 nitrogen and oxygen atoms in total. The molecule has 0 atom stereocenters. The standard InChI is InChI=1S/C10H8F4N6O2/c11-7-6(20(21)22)3-19(17-7)9(1-2-9)8-16-15-5-18(8)4-10(12,13)14/h3,5H,1-2,4H2. The van der Waals surface area contributed by atoms with Gasteiger partial charge in [-0.15, -0.1) is 15.3 Å². The van der Waals surface area contributed by atoms with Gasteiger partial charge in [-0.3, -0.25) is 10.1 Å². The summed E-state index contributed by atoms with van der Waals surface area (Å²) in [6.07, 6.45) is -2.04. The van der Waals surface area contributed by atoms with Gasteiger partial charge >= 0.3 is 17.8 Å². The molecule has 0 aromatic carbocycles. The number of nitrogens with zero attached hydrogens (tertiary/aromatic N) is 6. The molecule has 1 fully saturated rings. The fourth-order valence-electron chi connectivity index (χ4n) is 2.28. The largest absolute Gasteiger partial charge is 0.406 e. The smallest absolute Gasteiger partial charge is 0.306 e. The van der Waals surface area contributed by atoms with Crippen molar-refractivity contribution in [2.24, 2.45) is 0 Å². The molecule has 2 aromatic heterocycles. The van der Waals surface area contributed by atoms with Crippen LogP contribution in [0, 0.1) is 16.1 Å². The molecule has 2 aromatic rings. The second-order valence-corrected chi connectivity index (χ2v) is 4.94. The molecule has 1 aliphatic rings. The first-order valence-electron chi connectivity index (χ1n) is 6.08. The highest BCUT2D eigenvalue weighted by Crippen LogP contribution is 2.48. The molecular formula is C10H8F4N6O2. The van der Waals surface area contributed by atoms with Crippen LogP contribution in [0.4, 0.5) is 23.2 Å². The lowest BCUT2D eigenvalue weighted by molar-refractivity contribution is -0.387. The molecule has 1 saturated carbocycles. The minimum absolute atomic E-state index is 0.0535. The lowest BCUT2D eigenvalue weighted by atomic mass is 10.2. The van der Waals surface area contributed by atoms with Gasteiger partial charge in [0.15, 0.2) is 5.82 Å². The van der Waals surface area contributed by atoms with Crippen molar-refractivity contribution in [1.82, 2.24) is 24.5 Å². The van der Waals surface area contributed by atoms with E-state index in [1.807, 2.05) is 0 Å². The first-order valence-corrected chi connectivity index (χ1v) is 6.08. The summed E-state index contributed by atoms with van der Waals surface area (Å²) in [5.41, 5.74) is -1.97. The Morgan fingerprint density at radius 2 is 2.09 bits per heavy atom. The first-order chi connectivity index (χ1) is 10.2. The van der Waals surface area contributed by atoms with E-state index in [0.717, 1.165) is 21.8 Å². The van der Waals surface area contributed by atoms with Crippen molar-refractivity contribution < 1.29 is 22.5 Å². The number of aromatic nitrogens is 5. The van der Waals surface area contributed by atoms with Crippen LogP contribution in [0.1, 0.15) is 18.7 Å². The van der Waals surface area contributed by atoms with Crippen molar-refractivity contribution in [3.63, 3.8) is 0 Å². The molecule has 0 saturated heterocycles. The maximum absolute atomic E-state index is 13.4. The second kappa shape index (κ2) is 4.48. The number of alkyl halides is 3. The van der Waals surface area contributed by atoms with E-state index in [1.54, 1.807) is 0 Å². The Hall–Kier alpha value is -2.53. The zero-order valence-corrected chi connectivity index (χ0v) is 10.8. The molecule has 0 bridgehead atoms. The van der Waals surface area contributed by atoms with Gasteiger partial charge < -0.3 is 4.57 Å². The molecule has 118 valence electrons. The average Bonchev–Trinajstić information content (AvgIpc) is 2.89. The van der Waals surface area contributed by atoms with Crippen molar-refractivity contribution in [2.75, 3.05) is 0 Å². The van der Waals surface area contributed by atoms with Crippen LogP contribution in [-0.2, 0) is 12.1 Å². The highest BCUT2D eigenvalue weighted by atomic mass is 19.4. The van der Waals surface area contributed by atoms with Crippen molar-refractivity contribution in [3.8, 4) is 0 Å². The van der Waals surface area contributed by atoms with Crippen LogP contribution in [0.2, 0.25) is 0 Å². The molecule has 3 rings (SSSR count). The van der Waals surface area contributed by atoms with Gasteiger partial charge in [0.05, 0.1) is 4.92 Å². The monoisotopic (exact) mass is 320 g/mol. The molecule has 22 heavy (non-hydrogen) atoms. The Labute approximate surface area is 119 Å². The van der Waals surface area contributed by atoms with Crippen LogP contribution in [-0.4, -0.2) is 35.6 Å². The predicted molar refractivity (Wildman–Crippen MR) is 61.2 cm³/mol. The van der Waals surface area contributed by atoms with Gasteiger partial charge in [0, 0.05) is 0 Å². The molecule has 1 aliphatic carbocycles. The molecular weight excluding hydrogens is 312 g/mol. The number of hydrogen-bond donors (Lipinski definition) is 0. The van der Waals surface area contributed by atoms with Crippen LogP contribution in [0.25, 0.3) is 0 Å². The summed E-state index contributed by atoms with van der Waals surface area (Å²) in [6, 6.07) is 0. The third-order valence-corrected chi connectivity index (χ3v) is 3.39. The molecule has 0 radical (unpaired) electrons. The van der Waals surface area contributed by atoms with Crippen LogP contribution in [0.5, 0.6) is 0 Å². The summed E-state index contributed by atoms with van der Waals surface area (Å²) in [5, 5.41) is 21.2. The third kappa shape index (κ3) is 2.29. The highest BCUT2D eigenvalue weighted by molar-refractivity contribution is 5.28. The SMILES string of the molecule is O=[N+]([O-])c1cn(C2(c3nncn3CC(F)(F)F)CC2)nc1F. The summed E-state index contributed by atoms with van der Waals surface area (Å²) in [5.74, 6) is -1.35. The summed E-state index contributed by atoms with van der Waals surface area (Å²) in [4.78, 5) is 9.70. The number of rotatable bonds is 4. The van der Waals surface area contributed by atoms with E-state index in [0.29, 0.717) is 12.8 Å². The summed E-state index contributed by atoms with van der Waals surface area (Å²) in [7, 11) is 0. The summed E-state index contributed by atoms with van der Waals surface area (Å²) < 4.78 is 52.8. The lowest BCUT2D eigenvalue weighted by Crippen LogP contribution is -2.27. The second-order valence-electron chi connectivity index (χ2n) is 4.94. The Kier molecular flexibility index (Phi) is 2.93. The van der Waals surface area contributed by atoms with Crippen molar-refractivity contribution in [1.29, 1.82) is 0 Å². The number of halogens is 4. The molecule has 0 spiro atoms. The molecule has 2 heterocycles. The molecule has 0 aliphatic heterocycles. The van der Waals surface area contributed by atoms with Crippen LogP contribution >= 0.6 is 0 Å². The average molecular weight is 320 g/mol. The van der Waals surface area contributed by atoms with Crippen LogP contribution in [0.15, 0.2) is 12.5 Å². The maximum atomic E-state index is 13.4. The van der Waals surface area contributed by atoms with Gasteiger partial charge in [-0.2, -0.15) is 17.6 Å². The topological polar surface area (TPSA) is 91.7 Å². The molecule has 12 heteroatoms. The van der Waals surface area contributed by atoms with E-state index >= 15 is 0 Å². The van der Waals surface area contributed by atoms with Gasteiger partial charge in [-0.05, 0) is 12.8 Å². The predicted octanol–water partition coefficient (Wildman–Crippen LogP) is 1.62. The lowest BCUT2D eigenvalue weighted by Gasteiger charge is -2.17. The van der Waals surface area contributed by atoms with E-state index < -0.39 is 34.8 Å². The fourth-order valence-corrected chi connectivity index (χ4v) is 2.28. The summed E-state index contributed by atoms with van der Waals surface area (Å²) >= 11 is 0. The minimum Gasteiger partial charge on any atom is -0.306 e. The van der Waals surface area contributed by atoms with Crippen LogP contribution in [0.3, 0.4) is 0 Å². The Bertz CT molecular complexity index is 732. The Morgan fingerprint density at radius 3 is 2.59 bits per heavy atom. The molecule has 0 unspecified atom stereocenters. The third-order valence-electron chi connectivity index (χ3n) is 3.39. The zero-order chi connectivity index (χ0) is 16.1. The van der Waals surface area contributed by atoms with Crippen molar-refractivity contribution in [2.45, 2.75) is 31.1 Å². The number of hydrogen-bond acceptors (Lipinski definition) is 5. The van der Waals surface area contributed by atoms with Gasteiger partial charge in [0.1, 0.15) is 24.6 Å². The Balaban J connectivity index is 2.00. The molecule has 0 N–H and O–H groups in total. The van der Waals surface area contributed by atoms with E-state index in [-0.39, 0.29) is 5.82 Å². The van der Waals surface area contributed by atoms with Gasteiger partial charge in [0.25, 0.3) is 0 Å². The van der Waals surface area contributed by atoms with Crippen molar-refractivity contribution in [3.05, 3.63) is 34.4 Å². The van der Waals surface area contributed by atoms with Crippen LogP contribution < -0.4 is 0 Å². The van der Waals surface area contributed by atoms with Gasteiger partial charge in [0.2, 0.25) is 0 Å². The van der Waals surface area contributed by atoms with E-state index in [4.69, 9.17) is 0 Å². The quantitative estimate of drug-likeness (QED) is 0.485. The molecule has 0 amide bonds. The first kappa shape index (κ1) is 14.4. The summed E-state index contributed by atoms with van der Waals surface area (Å²) in [6.45, 7) is -1.30. The van der Waals surface area contributed by atoms with E-state index in [1.165, 1.54) is 0 Å². The fraction of sp³-hybridized carbons (Fsp3) is 0.500. The highest BCUT2D eigenvalue weighted by Gasteiger charge is 2.53. The number of nitro groups is 1.